The molecule has 0 saturated heterocycles. The summed E-state index contributed by atoms with van der Waals surface area (Å²) in [6.07, 6.45) is 0. The van der Waals surface area contributed by atoms with E-state index in [1.54, 1.807) is 6.07 Å². The second-order valence-corrected chi connectivity index (χ2v) is 6.62. The minimum Gasteiger partial charge on any atom is -0.435 e. The van der Waals surface area contributed by atoms with Gasteiger partial charge in [0.15, 0.2) is 0 Å². The number of nitrogens with zero attached hydrogens (tertiary/aromatic N) is 1. The first-order valence-electron chi connectivity index (χ1n) is 7.15. The van der Waals surface area contributed by atoms with Crippen LogP contribution in [0.15, 0.2) is 53.4 Å². The van der Waals surface area contributed by atoms with Gasteiger partial charge in [-0.3, -0.25) is 4.79 Å². The molecule has 1 amide bonds. The monoisotopic (exact) mass is 381 g/mol. The van der Waals surface area contributed by atoms with E-state index in [1.165, 1.54) is 48.5 Å². The van der Waals surface area contributed by atoms with Crippen molar-refractivity contribution in [2.75, 3.05) is 11.9 Å². The number of anilines is 1. The Morgan fingerprint density at radius 1 is 1.15 bits per heavy atom. The highest BCUT2D eigenvalue weighted by molar-refractivity contribution is 7.89. The van der Waals surface area contributed by atoms with E-state index >= 15 is 0 Å². The van der Waals surface area contributed by atoms with E-state index in [1.807, 2.05) is 0 Å². The van der Waals surface area contributed by atoms with Crippen molar-refractivity contribution in [1.82, 2.24) is 4.72 Å². The van der Waals surface area contributed by atoms with Crippen molar-refractivity contribution in [3.05, 3.63) is 54.1 Å². The number of amides is 1. The van der Waals surface area contributed by atoms with E-state index in [2.05, 4.69) is 14.8 Å². The molecule has 0 bridgehead atoms. The molecule has 0 aliphatic carbocycles. The van der Waals surface area contributed by atoms with Gasteiger partial charge in [-0.2, -0.15) is 14.0 Å². The highest BCUT2D eigenvalue weighted by Gasteiger charge is 2.19. The van der Waals surface area contributed by atoms with E-state index in [9.17, 15) is 22.0 Å². The summed E-state index contributed by atoms with van der Waals surface area (Å²) in [6, 6.07) is 12.5. The summed E-state index contributed by atoms with van der Waals surface area (Å²) in [4.78, 5) is 11.6. The third kappa shape index (κ3) is 5.23. The van der Waals surface area contributed by atoms with Crippen molar-refractivity contribution in [2.45, 2.75) is 11.5 Å². The largest absolute Gasteiger partial charge is 0.435 e. The SMILES string of the molecule is N#Cc1ccccc1S(=O)(=O)NCC(=O)Nc1ccc(OC(F)F)cc1. The molecule has 0 aliphatic rings. The van der Waals surface area contributed by atoms with Crippen molar-refractivity contribution in [3.63, 3.8) is 0 Å². The summed E-state index contributed by atoms with van der Waals surface area (Å²) in [5.41, 5.74) is 0.225. The topological polar surface area (TPSA) is 108 Å². The smallest absolute Gasteiger partial charge is 0.387 e. The number of nitrogens with one attached hydrogen (secondary N) is 2. The number of ether oxygens (including phenoxy) is 1. The molecule has 0 aromatic heterocycles. The molecule has 2 aromatic carbocycles. The predicted octanol–water partition coefficient (Wildman–Crippen LogP) is 2.08. The summed E-state index contributed by atoms with van der Waals surface area (Å²) in [5, 5.41) is 11.4. The maximum atomic E-state index is 12.2. The number of halogens is 2. The molecule has 0 atom stereocenters. The minimum absolute atomic E-state index is 0.0463. The van der Waals surface area contributed by atoms with Crippen LogP contribution in [0.3, 0.4) is 0 Å². The van der Waals surface area contributed by atoms with Crippen molar-refractivity contribution in [1.29, 1.82) is 5.26 Å². The van der Waals surface area contributed by atoms with Gasteiger partial charge in [-0.1, -0.05) is 12.1 Å². The fraction of sp³-hybridized carbons (Fsp3) is 0.125. The van der Waals surface area contributed by atoms with Crippen LogP contribution >= 0.6 is 0 Å². The lowest BCUT2D eigenvalue weighted by molar-refractivity contribution is -0.115. The van der Waals surface area contributed by atoms with Gasteiger partial charge in [-0.05, 0) is 36.4 Å². The van der Waals surface area contributed by atoms with Crippen LogP contribution in [0.1, 0.15) is 5.56 Å². The Morgan fingerprint density at radius 3 is 2.42 bits per heavy atom. The molecule has 0 saturated carbocycles. The Morgan fingerprint density at radius 2 is 1.81 bits per heavy atom. The van der Waals surface area contributed by atoms with Gasteiger partial charge in [0.05, 0.1) is 17.0 Å². The first-order valence-corrected chi connectivity index (χ1v) is 8.63. The van der Waals surface area contributed by atoms with E-state index in [0.29, 0.717) is 0 Å². The molecule has 10 heteroatoms. The Hall–Kier alpha value is -3.03. The first kappa shape index (κ1) is 19.3. The zero-order chi connectivity index (χ0) is 19.2. The number of carbonyl (C=O) groups is 1. The lowest BCUT2D eigenvalue weighted by Gasteiger charge is -2.09. The highest BCUT2D eigenvalue weighted by atomic mass is 32.2. The second-order valence-electron chi connectivity index (χ2n) is 4.88. The van der Waals surface area contributed by atoms with Gasteiger partial charge in [-0.25, -0.2) is 13.1 Å². The van der Waals surface area contributed by atoms with Crippen LogP contribution in [-0.2, 0) is 14.8 Å². The lowest BCUT2D eigenvalue weighted by Crippen LogP contribution is -2.33. The quantitative estimate of drug-likeness (QED) is 0.763. The van der Waals surface area contributed by atoms with Gasteiger partial charge >= 0.3 is 6.61 Å². The maximum Gasteiger partial charge on any atom is 0.387 e. The van der Waals surface area contributed by atoms with E-state index in [0.717, 1.165) is 0 Å². The number of carbonyl (C=O) groups excluding carboxylic acids is 1. The van der Waals surface area contributed by atoms with Crippen LogP contribution in [0.2, 0.25) is 0 Å². The Labute approximate surface area is 148 Å². The van der Waals surface area contributed by atoms with Gasteiger partial charge in [0.1, 0.15) is 11.8 Å². The summed E-state index contributed by atoms with van der Waals surface area (Å²) >= 11 is 0. The molecule has 0 spiro atoms. The zero-order valence-electron chi connectivity index (χ0n) is 13.1. The predicted molar refractivity (Wildman–Crippen MR) is 88.0 cm³/mol. The third-order valence-corrected chi connectivity index (χ3v) is 4.54. The molecule has 136 valence electrons. The molecular formula is C16H13F2N3O4S. The van der Waals surface area contributed by atoms with Crippen molar-refractivity contribution >= 4 is 21.6 Å². The summed E-state index contributed by atoms with van der Waals surface area (Å²) in [7, 11) is -4.05. The molecule has 0 unspecified atom stereocenters. The van der Waals surface area contributed by atoms with Crippen LogP contribution in [0.25, 0.3) is 0 Å². The summed E-state index contributed by atoms with van der Waals surface area (Å²) in [6.45, 7) is -3.53. The standard InChI is InChI=1S/C16H13F2N3O4S/c17-16(18)25-13-7-5-12(6-8-13)21-15(22)10-20-26(23,24)14-4-2-1-3-11(14)9-19/h1-8,16,20H,10H2,(H,21,22). The van der Waals surface area contributed by atoms with Gasteiger partial charge in [0.2, 0.25) is 15.9 Å². The summed E-state index contributed by atoms with van der Waals surface area (Å²) < 4.78 is 54.8. The fourth-order valence-electron chi connectivity index (χ4n) is 1.96. The summed E-state index contributed by atoms with van der Waals surface area (Å²) in [5.74, 6) is -0.752. The average molecular weight is 381 g/mol. The van der Waals surface area contributed by atoms with Gasteiger partial charge < -0.3 is 10.1 Å². The molecule has 0 fully saturated rings. The van der Waals surface area contributed by atoms with Crippen LogP contribution in [0, 0.1) is 11.3 Å². The van der Waals surface area contributed by atoms with Crippen molar-refractivity contribution in [2.24, 2.45) is 0 Å². The Bertz CT molecular complexity index is 925. The molecule has 0 radical (unpaired) electrons. The first-order chi connectivity index (χ1) is 12.3. The van der Waals surface area contributed by atoms with Gasteiger partial charge in [0, 0.05) is 5.69 Å². The van der Waals surface area contributed by atoms with Crippen LogP contribution in [0.4, 0.5) is 14.5 Å². The van der Waals surface area contributed by atoms with E-state index < -0.39 is 29.1 Å². The number of nitriles is 1. The minimum atomic E-state index is -4.05. The molecule has 0 heterocycles. The molecular weight excluding hydrogens is 368 g/mol. The fourth-order valence-corrected chi connectivity index (χ4v) is 3.09. The van der Waals surface area contributed by atoms with Crippen molar-refractivity contribution < 1.29 is 26.7 Å². The number of hydrogen-bond donors (Lipinski definition) is 2. The van der Waals surface area contributed by atoms with E-state index in [4.69, 9.17) is 5.26 Å². The maximum absolute atomic E-state index is 12.2. The Kier molecular flexibility index (Phi) is 6.21. The van der Waals surface area contributed by atoms with Gasteiger partial charge in [0.25, 0.3) is 0 Å². The molecule has 2 aromatic rings. The lowest BCUT2D eigenvalue weighted by atomic mass is 10.2. The van der Waals surface area contributed by atoms with Crippen molar-refractivity contribution in [3.8, 4) is 11.8 Å². The normalized spacial score (nSPS) is 11.0. The highest BCUT2D eigenvalue weighted by Crippen LogP contribution is 2.18. The average Bonchev–Trinajstić information content (AvgIpc) is 2.61. The second kappa shape index (κ2) is 8.37. The number of sulfonamides is 1. The number of rotatable bonds is 7. The van der Waals surface area contributed by atoms with E-state index in [-0.39, 0.29) is 21.9 Å². The number of alkyl halides is 2. The van der Waals surface area contributed by atoms with Crippen LogP contribution in [-0.4, -0.2) is 27.5 Å². The van der Waals surface area contributed by atoms with Gasteiger partial charge in [-0.15, -0.1) is 0 Å². The molecule has 26 heavy (non-hydrogen) atoms. The number of benzene rings is 2. The molecule has 2 N–H and O–H groups in total. The van der Waals surface area contributed by atoms with Crippen LogP contribution in [0.5, 0.6) is 5.75 Å². The molecule has 0 aliphatic heterocycles. The third-order valence-electron chi connectivity index (χ3n) is 3.08. The number of hydrogen-bond acceptors (Lipinski definition) is 5. The molecule has 2 rings (SSSR count). The Balaban J connectivity index is 1.97. The zero-order valence-corrected chi connectivity index (χ0v) is 14.0. The molecule has 7 nitrogen and oxygen atoms in total. The van der Waals surface area contributed by atoms with Crippen LogP contribution < -0.4 is 14.8 Å².